The third kappa shape index (κ3) is 6.41. The van der Waals surface area contributed by atoms with Gasteiger partial charge in [0.2, 0.25) is 5.28 Å². The Labute approximate surface area is 162 Å². The van der Waals surface area contributed by atoms with E-state index in [9.17, 15) is 0 Å². The SMILES string of the molecule is Clc1nc(OC2=C/C=C\C=C/C=C2)nc(Oc2ccccccccc2)n1. The Morgan fingerprint density at radius 3 is 1.96 bits per heavy atom. The fourth-order valence-electron chi connectivity index (χ4n) is 1.98. The van der Waals surface area contributed by atoms with Crippen molar-refractivity contribution in [1.29, 1.82) is 0 Å². The largest absolute Gasteiger partial charge is 0.424 e. The van der Waals surface area contributed by atoms with E-state index in [0.717, 1.165) is 0 Å². The van der Waals surface area contributed by atoms with Gasteiger partial charge in [0.25, 0.3) is 0 Å². The van der Waals surface area contributed by atoms with E-state index in [1.807, 2.05) is 72.8 Å². The van der Waals surface area contributed by atoms with Gasteiger partial charge in [0, 0.05) is 0 Å². The topological polar surface area (TPSA) is 57.1 Å². The Morgan fingerprint density at radius 1 is 0.630 bits per heavy atom. The molecule has 134 valence electrons. The summed E-state index contributed by atoms with van der Waals surface area (Å²) in [5.74, 6) is 1.10. The fraction of sp³-hybridized carbons (Fsp3) is 0. The summed E-state index contributed by atoms with van der Waals surface area (Å²) in [4.78, 5) is 12.2. The molecule has 0 fully saturated rings. The van der Waals surface area contributed by atoms with Crippen LogP contribution in [0, 0.1) is 0 Å². The molecule has 6 heteroatoms. The van der Waals surface area contributed by atoms with Crippen molar-refractivity contribution in [2.24, 2.45) is 0 Å². The minimum Gasteiger partial charge on any atom is -0.424 e. The first kappa shape index (κ1) is 18.4. The Kier molecular flexibility index (Phi) is 6.72. The number of halogens is 1. The first-order chi connectivity index (χ1) is 13.3. The van der Waals surface area contributed by atoms with Crippen LogP contribution in [0.2, 0.25) is 5.28 Å². The molecule has 1 aromatic heterocycles. The summed E-state index contributed by atoms with van der Waals surface area (Å²) in [6, 6.07) is 16.9. The Morgan fingerprint density at radius 2 is 1.22 bits per heavy atom. The van der Waals surface area contributed by atoms with Crippen molar-refractivity contribution in [2.75, 3.05) is 0 Å². The van der Waals surface area contributed by atoms with E-state index in [1.165, 1.54) is 0 Å². The molecule has 0 radical (unpaired) electrons. The number of nitrogens with zero attached hydrogens (tertiary/aromatic N) is 3. The second-order valence-electron chi connectivity index (χ2n) is 5.15. The number of ether oxygens (including phenoxy) is 2. The van der Waals surface area contributed by atoms with Gasteiger partial charge in [0.1, 0.15) is 11.5 Å². The summed E-state index contributed by atoms with van der Waals surface area (Å²) >= 11 is 5.99. The number of hydrogen-bond donors (Lipinski definition) is 0. The van der Waals surface area contributed by atoms with Gasteiger partial charge in [-0.25, -0.2) is 0 Å². The molecule has 1 heterocycles. The van der Waals surface area contributed by atoms with Crippen molar-refractivity contribution in [3.05, 3.63) is 108 Å². The molecule has 0 bridgehead atoms. The van der Waals surface area contributed by atoms with Gasteiger partial charge < -0.3 is 9.47 Å². The Hall–Kier alpha value is -3.44. The summed E-state index contributed by atoms with van der Waals surface area (Å²) in [5.41, 5.74) is 0. The number of rotatable bonds is 4. The molecule has 5 nitrogen and oxygen atoms in total. The molecule has 1 aliphatic carbocycles. The molecular formula is C21H16ClN3O2. The van der Waals surface area contributed by atoms with Crippen molar-refractivity contribution in [2.45, 2.75) is 0 Å². The maximum absolute atomic E-state index is 5.99. The normalized spacial score (nSPS) is 14.8. The lowest BCUT2D eigenvalue weighted by molar-refractivity contribution is 0.379. The summed E-state index contributed by atoms with van der Waals surface area (Å²) < 4.78 is 11.4. The summed E-state index contributed by atoms with van der Waals surface area (Å²) in [6.07, 6.45) is 13.0. The van der Waals surface area contributed by atoms with Crippen LogP contribution in [0.4, 0.5) is 0 Å². The zero-order chi connectivity index (χ0) is 18.7. The third-order valence-corrected chi connectivity index (χ3v) is 3.31. The van der Waals surface area contributed by atoms with E-state index in [4.69, 9.17) is 21.1 Å². The maximum Gasteiger partial charge on any atom is 0.329 e. The molecule has 0 N–H and O–H groups in total. The predicted molar refractivity (Wildman–Crippen MR) is 105 cm³/mol. The Bertz CT molecular complexity index is 942. The van der Waals surface area contributed by atoms with E-state index >= 15 is 0 Å². The minimum absolute atomic E-state index is 0.0244. The number of hydrogen-bond acceptors (Lipinski definition) is 5. The number of allylic oxidation sites excluding steroid dienone is 7. The van der Waals surface area contributed by atoms with Gasteiger partial charge >= 0.3 is 12.0 Å². The first-order valence-electron chi connectivity index (χ1n) is 8.17. The van der Waals surface area contributed by atoms with E-state index in [2.05, 4.69) is 15.0 Å². The lowest BCUT2D eigenvalue weighted by atomic mass is 10.3. The van der Waals surface area contributed by atoms with Gasteiger partial charge in [-0.3, -0.25) is 0 Å². The van der Waals surface area contributed by atoms with Gasteiger partial charge in [-0.15, -0.1) is 4.98 Å². The van der Waals surface area contributed by atoms with Gasteiger partial charge in [0.05, 0.1) is 0 Å². The molecule has 0 saturated carbocycles. The van der Waals surface area contributed by atoms with Gasteiger partial charge in [-0.2, -0.15) is 9.97 Å². The monoisotopic (exact) mass is 377 g/mol. The molecule has 0 atom stereocenters. The van der Waals surface area contributed by atoms with Gasteiger partial charge in [-0.1, -0.05) is 72.8 Å². The predicted octanol–water partition coefficient (Wildman–Crippen LogP) is 5.39. The lowest BCUT2D eigenvalue weighted by Gasteiger charge is -2.07. The minimum atomic E-state index is -0.0244. The zero-order valence-electron chi connectivity index (χ0n) is 14.3. The quantitative estimate of drug-likeness (QED) is 0.715. The highest BCUT2D eigenvalue weighted by Gasteiger charge is 2.09. The van der Waals surface area contributed by atoms with Crippen LogP contribution < -0.4 is 9.47 Å². The zero-order valence-corrected chi connectivity index (χ0v) is 15.0. The van der Waals surface area contributed by atoms with Crippen molar-refractivity contribution >= 4 is 11.6 Å². The van der Waals surface area contributed by atoms with Crippen LogP contribution in [-0.2, 0) is 0 Å². The van der Waals surface area contributed by atoms with Crippen LogP contribution in [-0.4, -0.2) is 15.0 Å². The van der Waals surface area contributed by atoms with Crippen LogP contribution in [0.25, 0.3) is 0 Å². The van der Waals surface area contributed by atoms with Crippen molar-refractivity contribution in [1.82, 2.24) is 15.0 Å². The van der Waals surface area contributed by atoms with E-state index < -0.39 is 0 Å². The van der Waals surface area contributed by atoms with Crippen LogP contribution in [0.3, 0.4) is 0 Å². The summed E-state index contributed by atoms with van der Waals surface area (Å²) in [7, 11) is 0. The summed E-state index contributed by atoms with van der Waals surface area (Å²) in [5, 5.41) is -0.0244. The maximum atomic E-state index is 5.99. The molecule has 27 heavy (non-hydrogen) atoms. The second-order valence-corrected chi connectivity index (χ2v) is 5.49. The first-order valence-corrected chi connectivity index (χ1v) is 8.55. The molecule has 0 spiro atoms. The van der Waals surface area contributed by atoms with Crippen molar-refractivity contribution in [3.8, 4) is 17.8 Å². The number of aromatic nitrogens is 3. The third-order valence-electron chi connectivity index (χ3n) is 3.14. The van der Waals surface area contributed by atoms with Gasteiger partial charge in [0.15, 0.2) is 0 Å². The van der Waals surface area contributed by atoms with Crippen molar-refractivity contribution in [3.63, 3.8) is 0 Å². The molecule has 1 aromatic carbocycles. The lowest BCUT2D eigenvalue weighted by Crippen LogP contribution is -2.01. The Balaban J connectivity index is 1.84. The second kappa shape index (κ2) is 9.89. The van der Waals surface area contributed by atoms with Crippen molar-refractivity contribution < 1.29 is 9.47 Å². The highest BCUT2D eigenvalue weighted by atomic mass is 35.5. The molecule has 3 rings (SSSR count). The molecule has 1 aliphatic rings. The standard InChI is InChI=1S/C21H16ClN3O2/c22-19-23-20(26-17-13-9-5-2-1-3-6-10-14-17)25-21(24-19)27-18-15-11-7-4-8-12-16-18/h1-16H/b2-1?,3-1?,5-2?,6-3?,7-4-,8-4?,9-5?,10-6?,11-7?,12-8-,13-9?,14-10?,15-11?,16-12?,17-13?,17-14?,18-15?,18-16?. The highest BCUT2D eigenvalue weighted by Crippen LogP contribution is 2.20. The van der Waals surface area contributed by atoms with Crippen LogP contribution in [0.15, 0.2) is 103 Å². The molecular weight excluding hydrogens is 362 g/mol. The summed E-state index contributed by atoms with van der Waals surface area (Å²) in [6.45, 7) is 0. The smallest absolute Gasteiger partial charge is 0.329 e. The van der Waals surface area contributed by atoms with E-state index in [-0.39, 0.29) is 17.3 Å². The molecule has 0 unspecified atom stereocenters. The average molecular weight is 378 g/mol. The van der Waals surface area contributed by atoms with E-state index in [0.29, 0.717) is 11.5 Å². The average Bonchev–Trinajstić information content (AvgIpc) is 2.62. The highest BCUT2D eigenvalue weighted by molar-refractivity contribution is 6.28. The molecule has 0 amide bonds. The van der Waals surface area contributed by atoms with Crippen LogP contribution >= 0.6 is 11.6 Å². The van der Waals surface area contributed by atoms with Gasteiger partial charge in [-0.05, 0) is 35.9 Å². The van der Waals surface area contributed by atoms with Crippen LogP contribution in [0.1, 0.15) is 0 Å². The fourth-order valence-corrected chi connectivity index (χ4v) is 2.12. The van der Waals surface area contributed by atoms with Crippen LogP contribution in [0.5, 0.6) is 17.8 Å². The van der Waals surface area contributed by atoms with E-state index in [1.54, 1.807) is 24.3 Å². The molecule has 2 aromatic rings. The molecule has 0 saturated heterocycles. The molecule has 0 aliphatic heterocycles.